The molecule has 1 aliphatic carbocycles. The number of rotatable bonds is 4. The Kier molecular flexibility index (Phi) is 5.70. The van der Waals surface area contributed by atoms with Crippen LogP contribution in [0.25, 0.3) is 6.08 Å². The van der Waals surface area contributed by atoms with Crippen molar-refractivity contribution in [3.05, 3.63) is 33.3 Å². The van der Waals surface area contributed by atoms with Gasteiger partial charge in [-0.2, -0.15) is 5.26 Å². The van der Waals surface area contributed by atoms with Crippen LogP contribution in [0.5, 0.6) is 5.75 Å². The molecule has 0 radical (unpaired) electrons. The summed E-state index contributed by atoms with van der Waals surface area (Å²) in [5.74, 6) is 0.00635. The van der Waals surface area contributed by atoms with Gasteiger partial charge in [0.1, 0.15) is 11.6 Å². The molecule has 0 unspecified atom stereocenters. The summed E-state index contributed by atoms with van der Waals surface area (Å²) in [4.78, 5) is 12.1. The van der Waals surface area contributed by atoms with E-state index >= 15 is 0 Å². The first-order valence-corrected chi connectivity index (χ1v) is 7.76. The van der Waals surface area contributed by atoms with Crippen molar-refractivity contribution in [1.82, 2.24) is 5.32 Å². The molecule has 1 N–H and O–H groups in total. The van der Waals surface area contributed by atoms with Crippen LogP contribution in [0.1, 0.15) is 31.2 Å². The van der Waals surface area contributed by atoms with E-state index in [0.717, 1.165) is 25.7 Å². The molecule has 22 heavy (non-hydrogen) atoms. The highest BCUT2D eigenvalue weighted by atomic mass is 35.5. The molecule has 2 rings (SSSR count). The fourth-order valence-electron chi connectivity index (χ4n) is 2.51. The zero-order valence-corrected chi connectivity index (χ0v) is 13.7. The predicted molar refractivity (Wildman–Crippen MR) is 87.0 cm³/mol. The Morgan fingerprint density at radius 2 is 1.95 bits per heavy atom. The minimum absolute atomic E-state index is 0.0317. The van der Waals surface area contributed by atoms with Gasteiger partial charge in [0.05, 0.1) is 17.2 Å². The lowest BCUT2D eigenvalue weighted by Gasteiger charge is -2.11. The van der Waals surface area contributed by atoms with Gasteiger partial charge in [-0.25, -0.2) is 0 Å². The van der Waals surface area contributed by atoms with Gasteiger partial charge >= 0.3 is 0 Å². The zero-order valence-electron chi connectivity index (χ0n) is 12.2. The summed E-state index contributed by atoms with van der Waals surface area (Å²) in [6, 6.07) is 5.29. The third-order valence-corrected chi connectivity index (χ3v) is 4.15. The first-order valence-electron chi connectivity index (χ1n) is 7.01. The topological polar surface area (TPSA) is 62.1 Å². The number of halogens is 2. The number of hydrogen-bond donors (Lipinski definition) is 1. The Morgan fingerprint density at radius 1 is 1.36 bits per heavy atom. The number of methoxy groups -OCH3 is 1. The summed E-state index contributed by atoms with van der Waals surface area (Å²) in [6.45, 7) is 0. The van der Waals surface area contributed by atoms with Crippen LogP contribution in [0.4, 0.5) is 0 Å². The van der Waals surface area contributed by atoms with E-state index in [2.05, 4.69) is 5.32 Å². The van der Waals surface area contributed by atoms with E-state index in [0.29, 0.717) is 21.4 Å². The van der Waals surface area contributed by atoms with Gasteiger partial charge in [-0.05, 0) is 36.6 Å². The molecule has 0 saturated heterocycles. The Morgan fingerprint density at radius 3 is 2.45 bits per heavy atom. The second kappa shape index (κ2) is 7.53. The number of nitriles is 1. The molecule has 0 atom stereocenters. The smallest absolute Gasteiger partial charge is 0.262 e. The number of carbonyl (C=O) groups is 1. The third kappa shape index (κ3) is 3.94. The average molecular weight is 339 g/mol. The first kappa shape index (κ1) is 16.7. The number of ether oxygens (including phenoxy) is 1. The van der Waals surface area contributed by atoms with E-state index < -0.39 is 0 Å². The number of hydrogen-bond acceptors (Lipinski definition) is 3. The Labute approximate surface area is 139 Å². The normalized spacial score (nSPS) is 15.5. The summed E-state index contributed by atoms with van der Waals surface area (Å²) < 4.78 is 5.07. The lowest BCUT2D eigenvalue weighted by Crippen LogP contribution is -2.33. The van der Waals surface area contributed by atoms with Gasteiger partial charge in [-0.3, -0.25) is 4.79 Å². The molecule has 1 aliphatic rings. The number of amides is 1. The highest BCUT2D eigenvalue weighted by molar-refractivity contribution is 6.37. The molecule has 1 amide bonds. The summed E-state index contributed by atoms with van der Waals surface area (Å²) >= 11 is 12.1. The lowest BCUT2D eigenvalue weighted by atomic mass is 10.1. The standard InChI is InChI=1S/C16H16Cl2N2O2/c1-22-15-13(17)7-10(8-14(15)18)6-11(9-19)16(21)20-12-4-2-3-5-12/h6-8,12H,2-5H2,1H3,(H,20,21)/b11-6-. The summed E-state index contributed by atoms with van der Waals surface area (Å²) in [5.41, 5.74) is 0.609. The molecule has 4 nitrogen and oxygen atoms in total. The molecule has 116 valence electrons. The van der Waals surface area contributed by atoms with Crippen molar-refractivity contribution in [2.75, 3.05) is 7.11 Å². The van der Waals surface area contributed by atoms with E-state index in [9.17, 15) is 10.1 Å². The molecule has 1 saturated carbocycles. The minimum Gasteiger partial charge on any atom is -0.494 e. The van der Waals surface area contributed by atoms with Crippen LogP contribution in [0.15, 0.2) is 17.7 Å². The van der Waals surface area contributed by atoms with Crippen molar-refractivity contribution in [3.63, 3.8) is 0 Å². The molecule has 0 spiro atoms. The second-order valence-corrected chi connectivity index (χ2v) is 5.96. The van der Waals surface area contributed by atoms with Crippen LogP contribution < -0.4 is 10.1 Å². The molecular formula is C16H16Cl2N2O2. The van der Waals surface area contributed by atoms with Gasteiger partial charge in [0, 0.05) is 6.04 Å². The van der Waals surface area contributed by atoms with Crippen LogP contribution in [-0.4, -0.2) is 19.1 Å². The van der Waals surface area contributed by atoms with Crippen LogP contribution >= 0.6 is 23.2 Å². The number of nitrogens with zero attached hydrogens (tertiary/aromatic N) is 1. The molecule has 0 aliphatic heterocycles. The van der Waals surface area contributed by atoms with Crippen molar-refractivity contribution in [3.8, 4) is 11.8 Å². The maximum absolute atomic E-state index is 12.1. The molecule has 0 aromatic heterocycles. The van der Waals surface area contributed by atoms with E-state index in [1.807, 2.05) is 6.07 Å². The summed E-state index contributed by atoms with van der Waals surface area (Å²) in [5, 5.41) is 12.7. The second-order valence-electron chi connectivity index (χ2n) is 5.14. The van der Waals surface area contributed by atoms with Crippen molar-refractivity contribution >= 4 is 35.2 Å². The minimum atomic E-state index is -0.363. The van der Waals surface area contributed by atoms with Crippen LogP contribution in [0.2, 0.25) is 10.0 Å². The van der Waals surface area contributed by atoms with E-state index in [1.54, 1.807) is 12.1 Å². The summed E-state index contributed by atoms with van der Waals surface area (Å²) in [7, 11) is 1.47. The maximum Gasteiger partial charge on any atom is 0.262 e. The molecule has 1 aromatic carbocycles. The van der Waals surface area contributed by atoms with E-state index in [4.69, 9.17) is 27.9 Å². The largest absolute Gasteiger partial charge is 0.494 e. The fraction of sp³-hybridized carbons (Fsp3) is 0.375. The van der Waals surface area contributed by atoms with Crippen molar-refractivity contribution < 1.29 is 9.53 Å². The highest BCUT2D eigenvalue weighted by Crippen LogP contribution is 2.34. The lowest BCUT2D eigenvalue weighted by molar-refractivity contribution is -0.117. The SMILES string of the molecule is COc1c(Cl)cc(/C=C(/C#N)C(=O)NC2CCCC2)cc1Cl. The summed E-state index contributed by atoms with van der Waals surface area (Å²) in [6.07, 6.45) is 5.62. The third-order valence-electron chi connectivity index (χ3n) is 3.59. The molecule has 0 heterocycles. The van der Waals surface area contributed by atoms with Crippen molar-refractivity contribution in [1.29, 1.82) is 5.26 Å². The first-order chi connectivity index (χ1) is 10.5. The number of nitrogens with one attached hydrogen (secondary N) is 1. The Balaban J connectivity index is 2.21. The van der Waals surface area contributed by atoms with Gasteiger partial charge in [0.15, 0.2) is 5.75 Å². The maximum atomic E-state index is 12.1. The molecular weight excluding hydrogens is 323 g/mol. The van der Waals surface area contributed by atoms with E-state index in [1.165, 1.54) is 13.2 Å². The molecule has 0 bridgehead atoms. The van der Waals surface area contributed by atoms with Crippen LogP contribution in [0.3, 0.4) is 0 Å². The molecule has 1 aromatic rings. The predicted octanol–water partition coefficient (Wildman–Crippen LogP) is 3.97. The highest BCUT2D eigenvalue weighted by Gasteiger charge is 2.19. The number of benzene rings is 1. The average Bonchev–Trinajstić information content (AvgIpc) is 2.97. The Hall–Kier alpha value is -1.70. The van der Waals surface area contributed by atoms with Crippen LogP contribution in [0, 0.1) is 11.3 Å². The van der Waals surface area contributed by atoms with Crippen molar-refractivity contribution in [2.45, 2.75) is 31.7 Å². The van der Waals surface area contributed by atoms with Gasteiger partial charge in [0.25, 0.3) is 5.91 Å². The van der Waals surface area contributed by atoms with Gasteiger partial charge < -0.3 is 10.1 Å². The molecule has 1 fully saturated rings. The molecule has 6 heteroatoms. The van der Waals surface area contributed by atoms with Gasteiger partial charge in [-0.1, -0.05) is 36.0 Å². The van der Waals surface area contributed by atoms with Crippen molar-refractivity contribution in [2.24, 2.45) is 0 Å². The van der Waals surface area contributed by atoms with Gasteiger partial charge in [0.2, 0.25) is 0 Å². The zero-order chi connectivity index (χ0) is 16.1. The quantitative estimate of drug-likeness (QED) is 0.667. The number of carbonyl (C=O) groups excluding carboxylic acids is 1. The Bertz CT molecular complexity index is 621. The van der Waals surface area contributed by atoms with Gasteiger partial charge in [-0.15, -0.1) is 0 Å². The van der Waals surface area contributed by atoms with E-state index in [-0.39, 0.29) is 17.5 Å². The monoisotopic (exact) mass is 338 g/mol. The van der Waals surface area contributed by atoms with Crippen LogP contribution in [-0.2, 0) is 4.79 Å². The fourth-order valence-corrected chi connectivity index (χ4v) is 3.16.